The molecule has 0 amide bonds. The van der Waals surface area contributed by atoms with E-state index in [2.05, 4.69) is 22.9 Å². The molecule has 0 saturated carbocycles. The number of carbonyl (C=O) groups is 1. The van der Waals surface area contributed by atoms with Crippen LogP contribution in [-0.4, -0.2) is 18.5 Å². The molecule has 0 bridgehead atoms. The zero-order valence-electron chi connectivity index (χ0n) is 9.28. The van der Waals surface area contributed by atoms with Gasteiger partial charge in [0.05, 0.1) is 0 Å². The van der Waals surface area contributed by atoms with Crippen molar-refractivity contribution in [2.45, 2.75) is 25.9 Å². The minimum atomic E-state index is -0.191. The van der Waals surface area contributed by atoms with Gasteiger partial charge in [-0.3, -0.25) is 4.79 Å². The Hall–Kier alpha value is -0.670. The summed E-state index contributed by atoms with van der Waals surface area (Å²) in [6.45, 7) is 2.80. The van der Waals surface area contributed by atoms with Gasteiger partial charge < -0.3 is 4.74 Å². The average molecular weight is 283 g/mol. The molecule has 1 aromatic rings. The number of hydrogen-bond acceptors (Lipinski definition) is 2. The number of rotatable bonds is 3. The van der Waals surface area contributed by atoms with Crippen LogP contribution >= 0.6 is 15.9 Å². The molecule has 1 aliphatic heterocycles. The summed E-state index contributed by atoms with van der Waals surface area (Å²) in [5, 5.41) is 0. The summed E-state index contributed by atoms with van der Waals surface area (Å²) in [7, 11) is 0. The van der Waals surface area contributed by atoms with E-state index < -0.39 is 0 Å². The van der Waals surface area contributed by atoms with Gasteiger partial charge in [0.25, 0.3) is 0 Å². The number of benzene rings is 1. The van der Waals surface area contributed by atoms with Crippen LogP contribution in [0.3, 0.4) is 0 Å². The van der Waals surface area contributed by atoms with Crippen LogP contribution in [-0.2, 0) is 16.0 Å². The Morgan fingerprint density at radius 3 is 2.69 bits per heavy atom. The number of ether oxygens (including phenoxy) is 1. The molecule has 1 aromatic carbocycles. The van der Waals surface area contributed by atoms with Crippen molar-refractivity contribution in [3.63, 3.8) is 0 Å². The van der Waals surface area contributed by atoms with E-state index in [0.717, 1.165) is 23.1 Å². The molecule has 2 rings (SSSR count). The van der Waals surface area contributed by atoms with E-state index in [-0.39, 0.29) is 11.9 Å². The molecule has 0 aromatic heterocycles. The maximum atomic E-state index is 12.0. The molecule has 0 radical (unpaired) electrons. The molecule has 1 aliphatic rings. The van der Waals surface area contributed by atoms with Crippen molar-refractivity contribution >= 4 is 21.7 Å². The van der Waals surface area contributed by atoms with Crippen molar-refractivity contribution in [3.05, 3.63) is 34.3 Å². The predicted molar refractivity (Wildman–Crippen MR) is 66.4 cm³/mol. The summed E-state index contributed by atoms with van der Waals surface area (Å²) in [5.74, 6) is 0.565. The molecule has 0 spiro atoms. The second kappa shape index (κ2) is 5.11. The quantitative estimate of drug-likeness (QED) is 0.852. The van der Waals surface area contributed by atoms with Gasteiger partial charge in [-0.25, -0.2) is 0 Å². The van der Waals surface area contributed by atoms with Crippen LogP contribution in [0.1, 0.15) is 18.9 Å². The highest BCUT2D eigenvalue weighted by Crippen LogP contribution is 2.22. The third kappa shape index (κ3) is 2.71. The van der Waals surface area contributed by atoms with Crippen molar-refractivity contribution in [1.82, 2.24) is 0 Å². The molecule has 3 heteroatoms. The Kier molecular flexibility index (Phi) is 3.77. The van der Waals surface area contributed by atoms with E-state index >= 15 is 0 Å². The molecule has 0 N–H and O–H groups in total. The summed E-state index contributed by atoms with van der Waals surface area (Å²) < 4.78 is 6.50. The van der Waals surface area contributed by atoms with Crippen molar-refractivity contribution < 1.29 is 9.53 Å². The van der Waals surface area contributed by atoms with Gasteiger partial charge in [-0.1, -0.05) is 35.0 Å². The van der Waals surface area contributed by atoms with Crippen molar-refractivity contribution in [1.29, 1.82) is 0 Å². The number of Topliss-reactive ketones (excluding diaryl/α,β-unsaturated/α-hetero) is 1. The topological polar surface area (TPSA) is 26.3 Å². The minimum Gasteiger partial charge on any atom is -0.370 e. The molecule has 1 saturated heterocycles. The number of halogens is 1. The summed E-state index contributed by atoms with van der Waals surface area (Å²) in [5.41, 5.74) is 1.05. The molecular weight excluding hydrogens is 268 g/mol. The normalized spacial score (nSPS) is 24.6. The minimum absolute atomic E-state index is 0.191. The number of carbonyl (C=O) groups excluding carboxylic acids is 1. The lowest BCUT2D eigenvalue weighted by Crippen LogP contribution is -2.26. The van der Waals surface area contributed by atoms with Gasteiger partial charge in [0, 0.05) is 17.5 Å². The largest absolute Gasteiger partial charge is 0.370 e. The van der Waals surface area contributed by atoms with Gasteiger partial charge in [-0.05, 0) is 30.0 Å². The highest BCUT2D eigenvalue weighted by molar-refractivity contribution is 9.10. The fourth-order valence-corrected chi connectivity index (χ4v) is 2.28. The van der Waals surface area contributed by atoms with Crippen molar-refractivity contribution in [3.8, 4) is 0 Å². The fourth-order valence-electron chi connectivity index (χ4n) is 2.01. The van der Waals surface area contributed by atoms with Crippen LogP contribution in [0.5, 0.6) is 0 Å². The summed E-state index contributed by atoms with van der Waals surface area (Å²) in [6.07, 6.45) is 1.28. The molecule has 2 atom stereocenters. The van der Waals surface area contributed by atoms with Crippen LogP contribution in [0.4, 0.5) is 0 Å². The Morgan fingerprint density at radius 2 is 2.12 bits per heavy atom. The lowest BCUT2D eigenvalue weighted by molar-refractivity contribution is -0.128. The zero-order valence-corrected chi connectivity index (χ0v) is 10.9. The van der Waals surface area contributed by atoms with Crippen LogP contribution in [0, 0.1) is 5.92 Å². The van der Waals surface area contributed by atoms with E-state index in [1.165, 1.54) is 0 Å². The third-order valence-electron chi connectivity index (χ3n) is 3.00. The first kappa shape index (κ1) is 11.8. The van der Waals surface area contributed by atoms with E-state index in [1.807, 2.05) is 24.3 Å². The van der Waals surface area contributed by atoms with Gasteiger partial charge in [0.2, 0.25) is 0 Å². The molecule has 1 fully saturated rings. The maximum Gasteiger partial charge on any atom is 0.166 e. The highest BCUT2D eigenvalue weighted by Gasteiger charge is 2.30. The maximum absolute atomic E-state index is 12.0. The van der Waals surface area contributed by atoms with Crippen LogP contribution < -0.4 is 0 Å². The fraction of sp³-hybridized carbons (Fsp3) is 0.462. The monoisotopic (exact) mass is 282 g/mol. The van der Waals surface area contributed by atoms with E-state index in [0.29, 0.717) is 12.3 Å². The highest BCUT2D eigenvalue weighted by atomic mass is 79.9. The summed E-state index contributed by atoms with van der Waals surface area (Å²) in [4.78, 5) is 12.0. The zero-order chi connectivity index (χ0) is 11.5. The number of ketones is 1. The van der Waals surface area contributed by atoms with E-state index in [9.17, 15) is 4.79 Å². The van der Waals surface area contributed by atoms with Gasteiger partial charge in [-0.15, -0.1) is 0 Å². The van der Waals surface area contributed by atoms with Crippen molar-refractivity contribution in [2.24, 2.45) is 5.92 Å². The average Bonchev–Trinajstić information content (AvgIpc) is 2.68. The first-order valence-corrected chi connectivity index (χ1v) is 6.35. The molecule has 2 nitrogen and oxygen atoms in total. The lowest BCUT2D eigenvalue weighted by atomic mass is 9.96. The Morgan fingerprint density at radius 1 is 1.44 bits per heavy atom. The van der Waals surface area contributed by atoms with Gasteiger partial charge in [0.1, 0.15) is 6.10 Å². The molecule has 86 valence electrons. The number of hydrogen-bond donors (Lipinski definition) is 0. The van der Waals surface area contributed by atoms with Crippen LogP contribution in [0.15, 0.2) is 28.7 Å². The van der Waals surface area contributed by atoms with Crippen LogP contribution in [0.25, 0.3) is 0 Å². The summed E-state index contributed by atoms with van der Waals surface area (Å²) >= 11 is 3.38. The standard InChI is InChI=1S/C13H15BrO2/c1-9-6-7-16-13(9)12(15)8-10-2-4-11(14)5-3-10/h2-5,9,13H,6-8H2,1H3. The SMILES string of the molecule is CC1CCOC1C(=O)Cc1ccc(Br)cc1. The second-order valence-electron chi connectivity index (χ2n) is 4.33. The Balaban J connectivity index is 1.99. The third-order valence-corrected chi connectivity index (χ3v) is 3.53. The molecule has 2 unspecified atom stereocenters. The first-order valence-electron chi connectivity index (χ1n) is 5.55. The summed E-state index contributed by atoms with van der Waals surface area (Å²) in [6, 6.07) is 7.87. The van der Waals surface area contributed by atoms with E-state index in [1.54, 1.807) is 0 Å². The Labute approximate surface area is 104 Å². The van der Waals surface area contributed by atoms with E-state index in [4.69, 9.17) is 4.74 Å². The van der Waals surface area contributed by atoms with Gasteiger partial charge in [-0.2, -0.15) is 0 Å². The molecule has 1 heterocycles. The van der Waals surface area contributed by atoms with Gasteiger partial charge >= 0.3 is 0 Å². The first-order chi connectivity index (χ1) is 7.66. The molecule has 16 heavy (non-hydrogen) atoms. The molecular formula is C13H15BrO2. The Bertz CT molecular complexity index is 372. The van der Waals surface area contributed by atoms with Crippen molar-refractivity contribution in [2.75, 3.05) is 6.61 Å². The molecule has 0 aliphatic carbocycles. The predicted octanol–water partition coefficient (Wildman–Crippen LogP) is 2.99. The second-order valence-corrected chi connectivity index (χ2v) is 5.24. The van der Waals surface area contributed by atoms with Crippen LogP contribution in [0.2, 0.25) is 0 Å². The smallest absolute Gasteiger partial charge is 0.166 e. The lowest BCUT2D eigenvalue weighted by Gasteiger charge is -2.12. The van der Waals surface area contributed by atoms with Gasteiger partial charge in [0.15, 0.2) is 5.78 Å².